The van der Waals surface area contributed by atoms with E-state index in [9.17, 15) is 13.6 Å². The second-order valence-corrected chi connectivity index (χ2v) is 7.07. The summed E-state index contributed by atoms with van der Waals surface area (Å²) in [4.78, 5) is 12.2. The molecule has 2 unspecified atom stereocenters. The predicted molar refractivity (Wildman–Crippen MR) is 89.6 cm³/mol. The number of benzene rings is 1. The van der Waals surface area contributed by atoms with E-state index < -0.39 is 11.6 Å². The van der Waals surface area contributed by atoms with Crippen molar-refractivity contribution < 1.29 is 13.6 Å². The van der Waals surface area contributed by atoms with Crippen LogP contribution in [-0.4, -0.2) is 27.2 Å². The Morgan fingerprint density at radius 3 is 2.76 bits per heavy atom. The number of nitrogens with zero attached hydrogens (tertiary/aromatic N) is 2. The normalized spacial score (nSPS) is 22.0. The number of aromatic nitrogens is 3. The predicted octanol–water partition coefficient (Wildman–Crippen LogP) is 3.02. The van der Waals surface area contributed by atoms with Crippen molar-refractivity contribution in [3.63, 3.8) is 0 Å². The zero-order valence-corrected chi connectivity index (χ0v) is 14.3. The summed E-state index contributed by atoms with van der Waals surface area (Å²) in [6.07, 6.45) is 2.70. The van der Waals surface area contributed by atoms with Crippen molar-refractivity contribution in [2.24, 2.45) is 5.92 Å². The van der Waals surface area contributed by atoms with Crippen molar-refractivity contribution in [1.82, 2.24) is 20.1 Å². The lowest BCUT2D eigenvalue weighted by Crippen LogP contribution is -2.29. The summed E-state index contributed by atoms with van der Waals surface area (Å²) in [5.74, 6) is -0.683. The highest BCUT2D eigenvalue weighted by Gasteiger charge is 2.46. The summed E-state index contributed by atoms with van der Waals surface area (Å²) in [6.45, 7) is 0.952. The molecule has 0 spiro atoms. The SMILES string of the molecule is O=C(NCCn1c(C2CC2)n[nH]c1=S)C1CC1c1c(F)cccc1F. The van der Waals surface area contributed by atoms with Gasteiger partial charge in [-0.05, 0) is 43.6 Å². The fourth-order valence-electron chi connectivity index (χ4n) is 3.29. The van der Waals surface area contributed by atoms with Gasteiger partial charge in [0, 0.05) is 36.4 Å². The van der Waals surface area contributed by atoms with Crippen LogP contribution < -0.4 is 5.32 Å². The van der Waals surface area contributed by atoms with E-state index in [1.54, 1.807) is 0 Å². The van der Waals surface area contributed by atoms with Crippen molar-refractivity contribution in [3.05, 3.63) is 46.0 Å². The maximum Gasteiger partial charge on any atom is 0.223 e. The van der Waals surface area contributed by atoms with Crippen LogP contribution in [0.3, 0.4) is 0 Å². The molecule has 0 bridgehead atoms. The molecular formula is C17H18F2N4OS. The quantitative estimate of drug-likeness (QED) is 0.775. The van der Waals surface area contributed by atoms with Gasteiger partial charge in [0.05, 0.1) is 0 Å². The van der Waals surface area contributed by atoms with E-state index in [0.29, 0.717) is 30.2 Å². The van der Waals surface area contributed by atoms with Gasteiger partial charge in [-0.2, -0.15) is 5.10 Å². The molecule has 8 heteroatoms. The third kappa shape index (κ3) is 3.22. The number of carbonyl (C=O) groups excluding carboxylic acids is 1. The Hall–Kier alpha value is -2.09. The third-order valence-electron chi connectivity index (χ3n) is 4.86. The van der Waals surface area contributed by atoms with Gasteiger partial charge in [-0.25, -0.2) is 8.78 Å². The maximum atomic E-state index is 13.8. The Morgan fingerprint density at radius 1 is 1.36 bits per heavy atom. The minimum absolute atomic E-state index is 0.0238. The summed E-state index contributed by atoms with van der Waals surface area (Å²) < 4.78 is 30.0. The molecule has 2 aliphatic rings. The van der Waals surface area contributed by atoms with Crippen LogP contribution in [0, 0.1) is 22.3 Å². The molecule has 2 N–H and O–H groups in total. The van der Waals surface area contributed by atoms with Gasteiger partial charge < -0.3 is 9.88 Å². The summed E-state index contributed by atoms with van der Waals surface area (Å²) in [5.41, 5.74) is 0.0238. The number of H-pyrrole nitrogens is 1. The molecule has 0 aliphatic heterocycles. The molecule has 2 aliphatic carbocycles. The first kappa shape index (κ1) is 16.4. The summed E-state index contributed by atoms with van der Waals surface area (Å²) in [7, 11) is 0. The molecule has 25 heavy (non-hydrogen) atoms. The number of aromatic amines is 1. The first-order chi connectivity index (χ1) is 12.1. The van der Waals surface area contributed by atoms with Gasteiger partial charge in [-0.3, -0.25) is 9.89 Å². The molecule has 132 valence electrons. The van der Waals surface area contributed by atoms with Gasteiger partial charge >= 0.3 is 0 Å². The van der Waals surface area contributed by atoms with E-state index in [0.717, 1.165) is 18.7 Å². The zero-order valence-electron chi connectivity index (χ0n) is 13.5. The van der Waals surface area contributed by atoms with Crippen LogP contribution in [-0.2, 0) is 11.3 Å². The second kappa shape index (κ2) is 6.33. The molecule has 0 saturated heterocycles. The average Bonchev–Trinajstić information content (AvgIpc) is 3.48. The molecule has 2 fully saturated rings. The molecule has 2 saturated carbocycles. The van der Waals surface area contributed by atoms with Crippen LogP contribution in [0.25, 0.3) is 0 Å². The minimum Gasteiger partial charge on any atom is -0.354 e. The Morgan fingerprint density at radius 2 is 2.08 bits per heavy atom. The number of amides is 1. The van der Waals surface area contributed by atoms with Crippen molar-refractivity contribution >= 4 is 18.1 Å². The Bertz CT molecular complexity index is 854. The first-order valence-corrected chi connectivity index (χ1v) is 8.84. The maximum absolute atomic E-state index is 13.8. The third-order valence-corrected chi connectivity index (χ3v) is 5.17. The van der Waals surface area contributed by atoms with Crippen LogP contribution in [0.2, 0.25) is 0 Å². The standard InChI is InChI=1S/C17H18F2N4OS/c18-12-2-1-3-13(19)14(12)10-8-11(10)16(24)20-6-7-23-15(9-4-5-9)21-22-17(23)25/h1-3,9-11H,4-8H2,(H,20,24)(H,22,25). The lowest BCUT2D eigenvalue weighted by molar-refractivity contribution is -0.122. The minimum atomic E-state index is -0.584. The molecule has 1 aromatic heterocycles. The molecule has 1 aromatic carbocycles. The highest BCUT2D eigenvalue weighted by Crippen LogP contribution is 2.49. The van der Waals surface area contributed by atoms with Crippen LogP contribution in [0.1, 0.15) is 42.5 Å². The Kier molecular flexibility index (Phi) is 4.15. The van der Waals surface area contributed by atoms with Crippen molar-refractivity contribution in [1.29, 1.82) is 0 Å². The van der Waals surface area contributed by atoms with Gasteiger partial charge in [0.15, 0.2) is 4.77 Å². The summed E-state index contributed by atoms with van der Waals surface area (Å²) in [6, 6.07) is 3.79. The van der Waals surface area contributed by atoms with E-state index in [1.807, 2.05) is 4.57 Å². The van der Waals surface area contributed by atoms with E-state index in [1.165, 1.54) is 18.2 Å². The molecule has 1 heterocycles. The van der Waals surface area contributed by atoms with Crippen LogP contribution in [0.4, 0.5) is 8.78 Å². The Labute approximate surface area is 148 Å². The van der Waals surface area contributed by atoms with Crippen LogP contribution in [0.5, 0.6) is 0 Å². The first-order valence-electron chi connectivity index (χ1n) is 8.43. The number of hydrogen-bond donors (Lipinski definition) is 2. The summed E-state index contributed by atoms with van der Waals surface area (Å²) in [5, 5.41) is 9.88. The van der Waals surface area contributed by atoms with Gasteiger partial charge in [0.25, 0.3) is 0 Å². The monoisotopic (exact) mass is 364 g/mol. The van der Waals surface area contributed by atoms with Gasteiger partial charge in [0.2, 0.25) is 5.91 Å². The van der Waals surface area contributed by atoms with Gasteiger partial charge in [-0.1, -0.05) is 6.07 Å². The lowest BCUT2D eigenvalue weighted by Gasteiger charge is -2.08. The molecule has 5 nitrogen and oxygen atoms in total. The lowest BCUT2D eigenvalue weighted by atomic mass is 10.1. The molecule has 2 aromatic rings. The smallest absolute Gasteiger partial charge is 0.223 e. The molecule has 4 rings (SSSR count). The average molecular weight is 364 g/mol. The molecule has 1 amide bonds. The number of rotatable bonds is 6. The van der Waals surface area contributed by atoms with E-state index in [2.05, 4.69) is 15.5 Å². The van der Waals surface area contributed by atoms with Crippen molar-refractivity contribution in [3.8, 4) is 0 Å². The topological polar surface area (TPSA) is 62.7 Å². The van der Waals surface area contributed by atoms with Gasteiger partial charge in [0.1, 0.15) is 17.5 Å². The second-order valence-electron chi connectivity index (χ2n) is 6.69. The number of hydrogen-bond acceptors (Lipinski definition) is 3. The fraction of sp³-hybridized carbons (Fsp3) is 0.471. The fourth-order valence-corrected chi connectivity index (χ4v) is 3.52. The molecule has 0 radical (unpaired) electrons. The zero-order chi connectivity index (χ0) is 17.6. The number of carbonyl (C=O) groups is 1. The summed E-state index contributed by atoms with van der Waals surface area (Å²) >= 11 is 5.22. The van der Waals surface area contributed by atoms with E-state index in [4.69, 9.17) is 12.2 Å². The van der Waals surface area contributed by atoms with Crippen molar-refractivity contribution in [2.75, 3.05) is 6.54 Å². The van der Waals surface area contributed by atoms with E-state index >= 15 is 0 Å². The molecular weight excluding hydrogens is 346 g/mol. The van der Waals surface area contributed by atoms with Crippen LogP contribution in [0.15, 0.2) is 18.2 Å². The van der Waals surface area contributed by atoms with E-state index in [-0.39, 0.29) is 23.3 Å². The highest BCUT2D eigenvalue weighted by molar-refractivity contribution is 7.71. The number of nitrogens with one attached hydrogen (secondary N) is 2. The van der Waals surface area contributed by atoms with Crippen molar-refractivity contribution in [2.45, 2.75) is 37.6 Å². The van der Waals surface area contributed by atoms with Crippen LogP contribution >= 0.6 is 12.2 Å². The Balaban J connectivity index is 1.34. The van der Waals surface area contributed by atoms with Gasteiger partial charge in [-0.15, -0.1) is 0 Å². The molecule has 2 atom stereocenters. The largest absolute Gasteiger partial charge is 0.354 e. The number of halogens is 2. The highest BCUT2D eigenvalue weighted by atomic mass is 32.1.